The van der Waals surface area contributed by atoms with Crippen LogP contribution >= 0.6 is 31.9 Å². The van der Waals surface area contributed by atoms with E-state index in [4.69, 9.17) is 9.47 Å². The second-order valence-corrected chi connectivity index (χ2v) is 6.86. The van der Waals surface area contributed by atoms with Crippen molar-refractivity contribution in [3.8, 4) is 11.5 Å². The summed E-state index contributed by atoms with van der Waals surface area (Å²) in [7, 11) is 0. The third-order valence-electron chi connectivity index (χ3n) is 3.60. The average molecular weight is 412 g/mol. The number of ether oxygens (including phenoxy) is 2. The zero-order valence-electron chi connectivity index (χ0n) is 11.7. The molecule has 0 aliphatic carbocycles. The maximum atomic E-state index is 5.79. The van der Waals surface area contributed by atoms with Crippen LogP contribution in [0, 0.1) is 6.92 Å². The van der Waals surface area contributed by atoms with E-state index in [1.165, 1.54) is 11.1 Å². The third kappa shape index (κ3) is 3.11. The summed E-state index contributed by atoms with van der Waals surface area (Å²) in [6.07, 6.45) is 0.914. The summed E-state index contributed by atoms with van der Waals surface area (Å²) in [5.41, 5.74) is 3.67. The van der Waals surface area contributed by atoms with Gasteiger partial charge in [0.1, 0.15) is 0 Å². The lowest BCUT2D eigenvalue weighted by Crippen LogP contribution is -1.99. The first-order valence-electron chi connectivity index (χ1n) is 6.95. The molecule has 1 aliphatic heterocycles. The molecule has 1 heterocycles. The SMILES string of the molecule is Cc1ccccc1C(Br)c1cc2c(cc1Br)OCCCO2. The van der Waals surface area contributed by atoms with E-state index in [9.17, 15) is 0 Å². The Morgan fingerprint density at radius 1 is 1.00 bits per heavy atom. The molecule has 1 aliphatic rings. The average Bonchev–Trinajstić information content (AvgIpc) is 2.71. The normalized spacial score (nSPS) is 15.4. The highest BCUT2D eigenvalue weighted by Crippen LogP contribution is 2.42. The van der Waals surface area contributed by atoms with E-state index in [2.05, 4.69) is 69.1 Å². The largest absolute Gasteiger partial charge is 0.490 e. The van der Waals surface area contributed by atoms with Crippen LogP contribution in [0.25, 0.3) is 0 Å². The molecule has 0 bridgehead atoms. The zero-order valence-corrected chi connectivity index (χ0v) is 14.9. The van der Waals surface area contributed by atoms with Crippen LogP contribution in [0.2, 0.25) is 0 Å². The quantitative estimate of drug-likeness (QED) is 0.615. The van der Waals surface area contributed by atoms with Crippen molar-refractivity contribution in [2.75, 3.05) is 13.2 Å². The van der Waals surface area contributed by atoms with Gasteiger partial charge in [0.05, 0.1) is 18.0 Å². The van der Waals surface area contributed by atoms with Gasteiger partial charge < -0.3 is 9.47 Å². The lowest BCUT2D eigenvalue weighted by molar-refractivity contribution is 0.297. The van der Waals surface area contributed by atoms with Crippen molar-refractivity contribution in [3.05, 3.63) is 57.6 Å². The van der Waals surface area contributed by atoms with Gasteiger partial charge in [-0.15, -0.1) is 0 Å². The molecule has 2 aromatic carbocycles. The Morgan fingerprint density at radius 2 is 1.67 bits per heavy atom. The van der Waals surface area contributed by atoms with Crippen molar-refractivity contribution in [3.63, 3.8) is 0 Å². The van der Waals surface area contributed by atoms with Gasteiger partial charge in [-0.3, -0.25) is 0 Å². The molecular weight excluding hydrogens is 396 g/mol. The topological polar surface area (TPSA) is 18.5 Å². The second-order valence-electron chi connectivity index (χ2n) is 5.09. The van der Waals surface area contributed by atoms with Crippen LogP contribution in [-0.2, 0) is 0 Å². The highest BCUT2D eigenvalue weighted by Gasteiger charge is 2.20. The Bertz CT molecular complexity index is 655. The fourth-order valence-electron chi connectivity index (χ4n) is 2.43. The minimum absolute atomic E-state index is 0.116. The molecule has 0 saturated carbocycles. The standard InChI is InChI=1S/C17H16Br2O2/c1-11-5-2-3-6-12(11)17(19)13-9-15-16(10-14(13)18)21-8-4-7-20-15/h2-3,5-6,9-10,17H,4,7-8H2,1H3. The Kier molecular flexibility index (Phi) is 4.55. The van der Waals surface area contributed by atoms with Crippen molar-refractivity contribution in [2.45, 2.75) is 18.2 Å². The van der Waals surface area contributed by atoms with Crippen LogP contribution in [0.5, 0.6) is 11.5 Å². The summed E-state index contributed by atoms with van der Waals surface area (Å²) >= 11 is 7.47. The number of benzene rings is 2. The summed E-state index contributed by atoms with van der Waals surface area (Å²) in [6, 6.07) is 12.5. The number of fused-ring (bicyclic) bond motifs is 1. The first-order chi connectivity index (χ1) is 10.2. The van der Waals surface area contributed by atoms with Gasteiger partial charge in [0.25, 0.3) is 0 Å². The van der Waals surface area contributed by atoms with Gasteiger partial charge in [-0.2, -0.15) is 0 Å². The molecule has 0 fully saturated rings. The summed E-state index contributed by atoms with van der Waals surface area (Å²) in [4.78, 5) is 0.116. The van der Waals surface area contributed by atoms with Crippen LogP contribution < -0.4 is 9.47 Å². The molecular formula is C17H16Br2O2. The van der Waals surface area contributed by atoms with Gasteiger partial charge in [-0.25, -0.2) is 0 Å². The Labute approximate surface area is 141 Å². The van der Waals surface area contributed by atoms with E-state index in [0.717, 1.165) is 28.0 Å². The predicted octanol–water partition coefficient (Wildman–Crippen LogP) is 5.40. The number of alkyl halides is 1. The van der Waals surface area contributed by atoms with Crippen LogP contribution in [0.1, 0.15) is 27.9 Å². The molecule has 1 unspecified atom stereocenters. The fraction of sp³-hybridized carbons (Fsp3) is 0.294. The zero-order chi connectivity index (χ0) is 14.8. The van der Waals surface area contributed by atoms with Crippen molar-refractivity contribution >= 4 is 31.9 Å². The molecule has 3 rings (SSSR count). The van der Waals surface area contributed by atoms with Crippen molar-refractivity contribution < 1.29 is 9.47 Å². The molecule has 0 N–H and O–H groups in total. The smallest absolute Gasteiger partial charge is 0.162 e. The lowest BCUT2D eigenvalue weighted by Gasteiger charge is -2.17. The van der Waals surface area contributed by atoms with E-state index in [1.807, 2.05) is 6.07 Å². The summed E-state index contributed by atoms with van der Waals surface area (Å²) in [5.74, 6) is 1.64. The number of hydrogen-bond acceptors (Lipinski definition) is 2. The van der Waals surface area contributed by atoms with E-state index in [1.54, 1.807) is 0 Å². The molecule has 110 valence electrons. The second kappa shape index (κ2) is 6.41. The number of aryl methyl sites for hydroxylation is 1. The van der Waals surface area contributed by atoms with E-state index >= 15 is 0 Å². The molecule has 0 radical (unpaired) electrons. The molecule has 0 aromatic heterocycles. The first kappa shape index (κ1) is 14.9. The van der Waals surface area contributed by atoms with Gasteiger partial charge in [0.2, 0.25) is 0 Å². The molecule has 21 heavy (non-hydrogen) atoms. The van der Waals surface area contributed by atoms with Gasteiger partial charge in [-0.1, -0.05) is 56.1 Å². The van der Waals surface area contributed by atoms with E-state index in [0.29, 0.717) is 13.2 Å². The predicted molar refractivity (Wildman–Crippen MR) is 91.7 cm³/mol. The van der Waals surface area contributed by atoms with Crippen molar-refractivity contribution in [1.82, 2.24) is 0 Å². The molecule has 0 amide bonds. The molecule has 0 spiro atoms. The molecule has 0 saturated heterocycles. The van der Waals surface area contributed by atoms with Gasteiger partial charge >= 0.3 is 0 Å². The molecule has 2 aromatic rings. The van der Waals surface area contributed by atoms with Crippen LogP contribution in [0.4, 0.5) is 0 Å². The van der Waals surface area contributed by atoms with Crippen molar-refractivity contribution in [2.24, 2.45) is 0 Å². The van der Waals surface area contributed by atoms with Crippen LogP contribution in [-0.4, -0.2) is 13.2 Å². The number of rotatable bonds is 2. The van der Waals surface area contributed by atoms with Gasteiger partial charge in [-0.05, 0) is 35.7 Å². The summed E-state index contributed by atoms with van der Waals surface area (Å²) in [5, 5.41) is 0. The minimum Gasteiger partial charge on any atom is -0.490 e. The molecule has 1 atom stereocenters. The third-order valence-corrected chi connectivity index (χ3v) is 5.27. The van der Waals surface area contributed by atoms with E-state index < -0.39 is 0 Å². The fourth-order valence-corrected chi connectivity index (χ4v) is 4.18. The first-order valence-corrected chi connectivity index (χ1v) is 8.66. The lowest BCUT2D eigenvalue weighted by atomic mass is 10.00. The van der Waals surface area contributed by atoms with Crippen LogP contribution in [0.15, 0.2) is 40.9 Å². The maximum absolute atomic E-state index is 5.79. The number of halogens is 2. The summed E-state index contributed by atoms with van der Waals surface area (Å²) < 4.78 is 12.5. The molecule has 4 heteroatoms. The van der Waals surface area contributed by atoms with Gasteiger partial charge in [0, 0.05) is 10.9 Å². The Hall–Kier alpha value is -1.00. The minimum atomic E-state index is 0.116. The Morgan fingerprint density at radius 3 is 2.38 bits per heavy atom. The van der Waals surface area contributed by atoms with Gasteiger partial charge in [0.15, 0.2) is 11.5 Å². The highest BCUT2D eigenvalue weighted by atomic mass is 79.9. The monoisotopic (exact) mass is 410 g/mol. The highest BCUT2D eigenvalue weighted by molar-refractivity contribution is 9.11. The van der Waals surface area contributed by atoms with Crippen LogP contribution in [0.3, 0.4) is 0 Å². The molecule has 2 nitrogen and oxygen atoms in total. The Balaban J connectivity index is 2.02. The van der Waals surface area contributed by atoms with Crippen molar-refractivity contribution in [1.29, 1.82) is 0 Å². The summed E-state index contributed by atoms with van der Waals surface area (Å²) in [6.45, 7) is 3.53. The van der Waals surface area contributed by atoms with E-state index in [-0.39, 0.29) is 4.83 Å². The number of hydrogen-bond donors (Lipinski definition) is 0. The maximum Gasteiger partial charge on any atom is 0.162 e.